The molecule has 0 spiro atoms. The van der Waals surface area contributed by atoms with E-state index < -0.39 is 0 Å². The Morgan fingerprint density at radius 3 is 2.63 bits per heavy atom. The molecule has 7 nitrogen and oxygen atoms in total. The maximum absolute atomic E-state index is 9.85. The molecule has 0 radical (unpaired) electrons. The number of rotatable bonds is 3. The summed E-state index contributed by atoms with van der Waals surface area (Å²) in [7, 11) is 0. The molecule has 1 unspecified atom stereocenters. The number of fused-ring (bicyclic) bond motifs is 2. The lowest BCUT2D eigenvalue weighted by Gasteiger charge is -2.24. The number of ether oxygens (including phenoxy) is 3. The third-order valence-electron chi connectivity index (χ3n) is 5.54. The third kappa shape index (κ3) is 2.77. The van der Waals surface area contributed by atoms with Crippen LogP contribution in [0, 0.1) is 11.3 Å². The monoisotopic (exact) mass is 400 g/mol. The number of H-pyrrole nitrogens is 1. The molecular weight excluding hydrogens is 380 g/mol. The van der Waals surface area contributed by atoms with Gasteiger partial charge in [-0.25, -0.2) is 0 Å². The van der Waals surface area contributed by atoms with Crippen molar-refractivity contribution in [2.24, 2.45) is 5.73 Å². The van der Waals surface area contributed by atoms with Crippen LogP contribution in [0.5, 0.6) is 17.4 Å². The minimum absolute atomic E-state index is 0.0756. The summed E-state index contributed by atoms with van der Waals surface area (Å²) in [5, 5.41) is 17.2. The van der Waals surface area contributed by atoms with E-state index in [1.165, 1.54) is 5.56 Å². The summed E-state index contributed by atoms with van der Waals surface area (Å²) in [5.41, 5.74) is 11.0. The zero-order valence-corrected chi connectivity index (χ0v) is 16.6. The zero-order valence-electron chi connectivity index (χ0n) is 16.6. The first-order valence-electron chi connectivity index (χ1n) is 9.72. The van der Waals surface area contributed by atoms with E-state index in [0.29, 0.717) is 28.9 Å². The fraction of sp³-hybridized carbons (Fsp3) is 0.217. The van der Waals surface area contributed by atoms with Gasteiger partial charge < -0.3 is 19.9 Å². The van der Waals surface area contributed by atoms with Gasteiger partial charge in [-0.1, -0.05) is 38.1 Å². The number of nitriles is 1. The molecule has 0 aliphatic carbocycles. The molecule has 1 aromatic heterocycles. The van der Waals surface area contributed by atoms with Crippen molar-refractivity contribution in [1.82, 2.24) is 10.2 Å². The summed E-state index contributed by atoms with van der Waals surface area (Å²) in [6.45, 7) is 4.49. The predicted molar refractivity (Wildman–Crippen MR) is 110 cm³/mol. The van der Waals surface area contributed by atoms with Crippen LogP contribution in [0.15, 0.2) is 53.9 Å². The van der Waals surface area contributed by atoms with E-state index in [1.54, 1.807) is 0 Å². The van der Waals surface area contributed by atoms with Crippen molar-refractivity contribution < 1.29 is 14.2 Å². The van der Waals surface area contributed by atoms with Gasteiger partial charge in [-0.05, 0) is 35.2 Å². The van der Waals surface area contributed by atoms with Gasteiger partial charge in [0.25, 0.3) is 0 Å². The highest BCUT2D eigenvalue weighted by Crippen LogP contribution is 2.47. The molecule has 3 aromatic rings. The summed E-state index contributed by atoms with van der Waals surface area (Å²) in [6, 6.07) is 16.2. The van der Waals surface area contributed by atoms with Crippen molar-refractivity contribution in [1.29, 1.82) is 5.26 Å². The molecule has 3 N–H and O–H groups in total. The second-order valence-corrected chi connectivity index (χ2v) is 7.63. The Labute approximate surface area is 173 Å². The number of aromatic nitrogens is 2. The van der Waals surface area contributed by atoms with Crippen LogP contribution in [-0.2, 0) is 0 Å². The summed E-state index contributed by atoms with van der Waals surface area (Å²) in [5.74, 6) is 1.84. The SMILES string of the molecule is CC(C)c1ccc(C2C(C#N)=C(N)Oc3n[nH]c(-c4ccc5c(c4)OCO5)c32)cc1. The number of nitrogens with one attached hydrogen (secondary N) is 1. The van der Waals surface area contributed by atoms with Crippen molar-refractivity contribution in [3.63, 3.8) is 0 Å². The molecule has 30 heavy (non-hydrogen) atoms. The first kappa shape index (κ1) is 18.1. The van der Waals surface area contributed by atoms with Crippen LogP contribution in [0.25, 0.3) is 11.3 Å². The number of hydrogen-bond donors (Lipinski definition) is 2. The smallest absolute Gasteiger partial charge is 0.244 e. The van der Waals surface area contributed by atoms with Crippen molar-refractivity contribution >= 4 is 0 Å². The molecule has 7 heteroatoms. The van der Waals surface area contributed by atoms with Gasteiger partial charge in [0.15, 0.2) is 11.5 Å². The first-order chi connectivity index (χ1) is 14.6. The minimum atomic E-state index is -0.390. The fourth-order valence-corrected chi connectivity index (χ4v) is 3.92. The summed E-state index contributed by atoms with van der Waals surface area (Å²) in [6.07, 6.45) is 0. The second kappa shape index (κ2) is 6.85. The quantitative estimate of drug-likeness (QED) is 0.684. The largest absolute Gasteiger partial charge is 0.454 e. The highest BCUT2D eigenvalue weighted by Gasteiger charge is 2.35. The Morgan fingerprint density at radius 1 is 1.13 bits per heavy atom. The standard InChI is InChI=1S/C23H20N4O3/c1-12(2)13-3-5-14(6-4-13)19-16(10-24)22(25)30-23-20(19)21(26-27-23)15-7-8-17-18(9-15)29-11-28-17/h3-9,12,19H,11,25H2,1-2H3,(H,26,27). The summed E-state index contributed by atoms with van der Waals surface area (Å²) in [4.78, 5) is 0. The van der Waals surface area contributed by atoms with E-state index in [1.807, 2.05) is 30.3 Å². The third-order valence-corrected chi connectivity index (χ3v) is 5.54. The van der Waals surface area contributed by atoms with E-state index >= 15 is 0 Å². The lowest BCUT2D eigenvalue weighted by atomic mass is 9.82. The summed E-state index contributed by atoms with van der Waals surface area (Å²) >= 11 is 0. The van der Waals surface area contributed by atoms with E-state index in [4.69, 9.17) is 19.9 Å². The van der Waals surface area contributed by atoms with Gasteiger partial charge in [-0.2, -0.15) is 5.26 Å². The maximum Gasteiger partial charge on any atom is 0.244 e. The number of benzene rings is 2. The Bertz CT molecular complexity index is 1200. The lowest BCUT2D eigenvalue weighted by Crippen LogP contribution is -2.21. The summed E-state index contributed by atoms with van der Waals surface area (Å²) < 4.78 is 16.6. The topological polar surface area (TPSA) is 106 Å². The molecule has 3 heterocycles. The van der Waals surface area contributed by atoms with Gasteiger partial charge in [0.2, 0.25) is 18.6 Å². The maximum atomic E-state index is 9.85. The first-order valence-corrected chi connectivity index (χ1v) is 9.72. The Kier molecular flexibility index (Phi) is 4.14. The molecule has 0 saturated carbocycles. The number of allylic oxidation sites excluding steroid dienone is 1. The number of hydrogen-bond acceptors (Lipinski definition) is 6. The van der Waals surface area contributed by atoms with Gasteiger partial charge in [-0.15, -0.1) is 5.10 Å². The van der Waals surface area contributed by atoms with Crippen LogP contribution in [-0.4, -0.2) is 17.0 Å². The Balaban J connectivity index is 1.66. The molecule has 2 aliphatic rings. The predicted octanol–water partition coefficient (Wildman–Crippen LogP) is 4.15. The second-order valence-electron chi connectivity index (χ2n) is 7.63. The van der Waals surface area contributed by atoms with Gasteiger partial charge >= 0.3 is 0 Å². The molecule has 0 bridgehead atoms. The molecule has 1 atom stereocenters. The highest BCUT2D eigenvalue weighted by molar-refractivity contribution is 5.73. The Hall–Kier alpha value is -3.92. The number of nitrogens with zero attached hydrogens (tertiary/aromatic N) is 2. The van der Waals surface area contributed by atoms with E-state index in [-0.39, 0.29) is 18.6 Å². The van der Waals surface area contributed by atoms with Gasteiger partial charge in [0, 0.05) is 5.56 Å². The van der Waals surface area contributed by atoms with Crippen LogP contribution >= 0.6 is 0 Å². The van der Waals surface area contributed by atoms with Crippen LogP contribution in [0.4, 0.5) is 0 Å². The van der Waals surface area contributed by atoms with E-state index in [0.717, 1.165) is 22.4 Å². The van der Waals surface area contributed by atoms with E-state index in [2.05, 4.69) is 42.2 Å². The van der Waals surface area contributed by atoms with Crippen molar-refractivity contribution in [2.45, 2.75) is 25.7 Å². The van der Waals surface area contributed by atoms with Crippen LogP contribution < -0.4 is 19.9 Å². The molecule has 0 saturated heterocycles. The molecule has 2 aromatic carbocycles. The molecule has 0 fully saturated rings. The molecule has 5 rings (SSSR count). The van der Waals surface area contributed by atoms with Crippen molar-refractivity contribution in [3.05, 3.63) is 70.6 Å². The normalized spacial score (nSPS) is 16.9. The molecule has 2 aliphatic heterocycles. The van der Waals surface area contributed by atoms with Crippen LogP contribution in [0.1, 0.15) is 42.4 Å². The van der Waals surface area contributed by atoms with Crippen LogP contribution in [0.3, 0.4) is 0 Å². The number of nitrogens with two attached hydrogens (primary N) is 1. The average molecular weight is 400 g/mol. The molecular formula is C23H20N4O3. The van der Waals surface area contributed by atoms with Gasteiger partial charge in [0.1, 0.15) is 11.6 Å². The lowest BCUT2D eigenvalue weighted by molar-refractivity contribution is 0.174. The van der Waals surface area contributed by atoms with Crippen molar-refractivity contribution in [3.8, 4) is 34.7 Å². The zero-order chi connectivity index (χ0) is 20.8. The van der Waals surface area contributed by atoms with E-state index in [9.17, 15) is 5.26 Å². The number of aromatic amines is 1. The van der Waals surface area contributed by atoms with Gasteiger partial charge in [-0.3, -0.25) is 5.10 Å². The van der Waals surface area contributed by atoms with Crippen LogP contribution in [0.2, 0.25) is 0 Å². The Morgan fingerprint density at radius 2 is 1.90 bits per heavy atom. The molecule has 0 amide bonds. The van der Waals surface area contributed by atoms with Gasteiger partial charge in [0.05, 0.1) is 17.2 Å². The van der Waals surface area contributed by atoms with Crippen molar-refractivity contribution in [2.75, 3.05) is 6.79 Å². The highest BCUT2D eigenvalue weighted by atomic mass is 16.7. The molecule has 150 valence electrons. The average Bonchev–Trinajstić information content (AvgIpc) is 3.38. The minimum Gasteiger partial charge on any atom is -0.454 e. The fourth-order valence-electron chi connectivity index (χ4n) is 3.92.